The zero-order valence-electron chi connectivity index (χ0n) is 10.5. The van der Waals surface area contributed by atoms with Crippen LogP contribution in [0.3, 0.4) is 0 Å². The Kier molecular flexibility index (Phi) is 4.79. The Morgan fingerprint density at radius 1 is 1.30 bits per heavy atom. The maximum absolute atomic E-state index is 7.20. The molecule has 0 aliphatic carbocycles. The second-order valence-electron chi connectivity index (χ2n) is 3.86. The van der Waals surface area contributed by atoms with Crippen molar-refractivity contribution in [3.8, 4) is 0 Å². The molecule has 0 saturated carbocycles. The molecule has 106 valence electrons. The highest BCUT2D eigenvalue weighted by atomic mass is 32.2. The normalized spacial score (nSPS) is 10.8. The molecule has 10 heteroatoms. The molecule has 8 nitrogen and oxygen atoms in total. The standard InChI is InChI=1S/C10H14N8S2/c11-8(12)19-3-1-2-18-5-6-4-15-10(20-9(13)14)16-7(6)17-18/h4-5H,1-3H2,(H3,11,12)(H3,13,14). The van der Waals surface area contributed by atoms with Crippen LogP contribution in [0.15, 0.2) is 17.6 Å². The van der Waals surface area contributed by atoms with Crippen molar-refractivity contribution in [2.24, 2.45) is 11.5 Å². The van der Waals surface area contributed by atoms with E-state index in [9.17, 15) is 0 Å². The van der Waals surface area contributed by atoms with Crippen molar-refractivity contribution in [2.75, 3.05) is 5.75 Å². The number of hydrogen-bond acceptors (Lipinski definition) is 7. The van der Waals surface area contributed by atoms with Crippen LogP contribution in [0.5, 0.6) is 0 Å². The number of aromatic nitrogens is 4. The van der Waals surface area contributed by atoms with Crippen LogP contribution in [0.2, 0.25) is 0 Å². The molecule has 2 rings (SSSR count). The summed E-state index contributed by atoms with van der Waals surface area (Å²) in [6.07, 6.45) is 4.40. The lowest BCUT2D eigenvalue weighted by atomic mass is 10.4. The van der Waals surface area contributed by atoms with Crippen LogP contribution < -0.4 is 11.5 Å². The minimum absolute atomic E-state index is 0.0509. The maximum Gasteiger partial charge on any atom is 0.197 e. The van der Waals surface area contributed by atoms with Gasteiger partial charge in [0.25, 0.3) is 0 Å². The zero-order valence-corrected chi connectivity index (χ0v) is 12.2. The fraction of sp³-hybridized carbons (Fsp3) is 0.300. The van der Waals surface area contributed by atoms with Crippen molar-refractivity contribution in [1.82, 2.24) is 19.7 Å². The number of amidine groups is 2. The Hall–Kier alpha value is -1.81. The highest BCUT2D eigenvalue weighted by Crippen LogP contribution is 2.16. The van der Waals surface area contributed by atoms with E-state index >= 15 is 0 Å². The fourth-order valence-electron chi connectivity index (χ4n) is 1.52. The van der Waals surface area contributed by atoms with E-state index in [2.05, 4.69) is 15.1 Å². The quantitative estimate of drug-likeness (QED) is 0.210. The number of fused-ring (bicyclic) bond motifs is 1. The molecule has 0 atom stereocenters. The van der Waals surface area contributed by atoms with Gasteiger partial charge >= 0.3 is 0 Å². The third kappa shape index (κ3) is 4.10. The Balaban J connectivity index is 2.01. The van der Waals surface area contributed by atoms with Gasteiger partial charge in [0.2, 0.25) is 0 Å². The monoisotopic (exact) mass is 310 g/mol. The smallest absolute Gasteiger partial charge is 0.197 e. The molecule has 2 aromatic heterocycles. The molecule has 0 unspecified atom stereocenters. The van der Waals surface area contributed by atoms with Crippen molar-refractivity contribution in [2.45, 2.75) is 18.1 Å². The van der Waals surface area contributed by atoms with E-state index in [1.165, 1.54) is 11.8 Å². The topological polar surface area (TPSA) is 143 Å². The van der Waals surface area contributed by atoms with Crippen LogP contribution in [-0.4, -0.2) is 35.8 Å². The highest BCUT2D eigenvalue weighted by Gasteiger charge is 2.06. The summed E-state index contributed by atoms with van der Waals surface area (Å²) in [6.45, 7) is 0.728. The summed E-state index contributed by atoms with van der Waals surface area (Å²) in [5, 5.41) is 20.0. The molecule has 0 bridgehead atoms. The summed E-state index contributed by atoms with van der Waals surface area (Å²) < 4.78 is 1.79. The van der Waals surface area contributed by atoms with Gasteiger partial charge in [-0.2, -0.15) is 5.10 Å². The molecule has 20 heavy (non-hydrogen) atoms. The van der Waals surface area contributed by atoms with E-state index in [1.54, 1.807) is 10.9 Å². The lowest BCUT2D eigenvalue weighted by Crippen LogP contribution is -2.06. The van der Waals surface area contributed by atoms with Crippen LogP contribution in [0.4, 0.5) is 0 Å². The number of aryl methyl sites for hydroxylation is 1. The molecule has 0 aliphatic heterocycles. The third-order valence-electron chi connectivity index (χ3n) is 2.28. The van der Waals surface area contributed by atoms with Gasteiger partial charge < -0.3 is 11.5 Å². The van der Waals surface area contributed by atoms with E-state index in [4.69, 9.17) is 22.3 Å². The van der Waals surface area contributed by atoms with Gasteiger partial charge in [-0.15, -0.1) is 0 Å². The minimum Gasteiger partial charge on any atom is -0.379 e. The van der Waals surface area contributed by atoms with Crippen LogP contribution >= 0.6 is 23.5 Å². The van der Waals surface area contributed by atoms with E-state index in [0.717, 1.165) is 35.9 Å². The summed E-state index contributed by atoms with van der Waals surface area (Å²) in [5.74, 6) is 0.780. The molecule has 0 spiro atoms. The van der Waals surface area contributed by atoms with E-state index < -0.39 is 0 Å². The first-order valence-corrected chi connectivity index (χ1v) is 7.53. The van der Waals surface area contributed by atoms with Gasteiger partial charge in [-0.1, -0.05) is 11.8 Å². The van der Waals surface area contributed by atoms with Crippen LogP contribution in [0.25, 0.3) is 11.0 Å². The number of nitrogens with one attached hydrogen (secondary N) is 2. The third-order valence-corrected chi connectivity index (χ3v) is 3.68. The fourth-order valence-corrected chi connectivity index (χ4v) is 2.45. The Bertz CT molecular complexity index is 637. The Labute approximate surface area is 123 Å². The minimum atomic E-state index is -0.0509. The summed E-state index contributed by atoms with van der Waals surface area (Å²) in [4.78, 5) is 8.34. The van der Waals surface area contributed by atoms with Gasteiger partial charge in [0.1, 0.15) is 0 Å². The molecule has 2 heterocycles. The molecular formula is C10H14N8S2. The van der Waals surface area contributed by atoms with Gasteiger partial charge in [0.15, 0.2) is 21.1 Å². The van der Waals surface area contributed by atoms with Crippen LogP contribution in [-0.2, 0) is 6.54 Å². The van der Waals surface area contributed by atoms with Gasteiger partial charge in [0, 0.05) is 24.7 Å². The van der Waals surface area contributed by atoms with Crippen molar-refractivity contribution < 1.29 is 0 Å². The number of thioether (sulfide) groups is 2. The largest absolute Gasteiger partial charge is 0.379 e. The van der Waals surface area contributed by atoms with Crippen molar-refractivity contribution in [3.05, 3.63) is 12.4 Å². The van der Waals surface area contributed by atoms with Crippen molar-refractivity contribution in [3.63, 3.8) is 0 Å². The molecule has 0 amide bonds. The van der Waals surface area contributed by atoms with Gasteiger partial charge in [0.05, 0.1) is 5.39 Å². The molecule has 6 N–H and O–H groups in total. The molecule has 0 fully saturated rings. The SMILES string of the molecule is N=C(N)SCCCn1cc2cnc(SC(=N)N)nc2n1. The number of nitrogens with two attached hydrogens (primary N) is 2. The highest BCUT2D eigenvalue weighted by molar-refractivity contribution is 8.13. The molecular weight excluding hydrogens is 296 g/mol. The number of nitrogens with zero attached hydrogens (tertiary/aromatic N) is 4. The second kappa shape index (κ2) is 6.57. The predicted molar refractivity (Wildman–Crippen MR) is 82.1 cm³/mol. The first-order valence-electron chi connectivity index (χ1n) is 5.73. The zero-order chi connectivity index (χ0) is 14.5. The lowest BCUT2D eigenvalue weighted by molar-refractivity contribution is 0.611. The summed E-state index contributed by atoms with van der Waals surface area (Å²) >= 11 is 2.31. The summed E-state index contributed by atoms with van der Waals surface area (Å²) in [6, 6.07) is 0. The number of rotatable bonds is 5. The van der Waals surface area contributed by atoms with Crippen LogP contribution in [0.1, 0.15) is 6.42 Å². The predicted octanol–water partition coefficient (Wildman–Crippen LogP) is 0.829. The van der Waals surface area contributed by atoms with Crippen molar-refractivity contribution in [1.29, 1.82) is 10.8 Å². The molecule has 0 aliphatic rings. The van der Waals surface area contributed by atoms with Gasteiger partial charge in [-0.25, -0.2) is 9.97 Å². The lowest BCUT2D eigenvalue weighted by Gasteiger charge is -1.99. The van der Waals surface area contributed by atoms with Gasteiger partial charge in [-0.3, -0.25) is 15.5 Å². The Morgan fingerprint density at radius 3 is 2.80 bits per heavy atom. The molecule has 2 aromatic rings. The second-order valence-corrected chi connectivity index (χ2v) is 6.00. The van der Waals surface area contributed by atoms with E-state index in [0.29, 0.717) is 10.8 Å². The van der Waals surface area contributed by atoms with E-state index in [1.807, 2.05) is 6.20 Å². The maximum atomic E-state index is 7.20. The Morgan fingerprint density at radius 2 is 2.10 bits per heavy atom. The average molecular weight is 310 g/mol. The van der Waals surface area contributed by atoms with Gasteiger partial charge in [-0.05, 0) is 18.2 Å². The summed E-state index contributed by atoms with van der Waals surface area (Å²) in [7, 11) is 0. The average Bonchev–Trinajstić information content (AvgIpc) is 2.75. The molecule has 0 saturated heterocycles. The number of hydrogen-bond donors (Lipinski definition) is 4. The van der Waals surface area contributed by atoms with E-state index in [-0.39, 0.29) is 10.3 Å². The van der Waals surface area contributed by atoms with Crippen molar-refractivity contribution >= 4 is 44.9 Å². The first kappa shape index (κ1) is 14.6. The first-order chi connectivity index (χ1) is 9.54. The van der Waals surface area contributed by atoms with Crippen LogP contribution in [0, 0.1) is 10.8 Å². The molecule has 0 aromatic carbocycles. The molecule has 0 radical (unpaired) electrons. The summed E-state index contributed by atoms with van der Waals surface area (Å²) in [5.41, 5.74) is 11.1.